The molecule has 0 amide bonds. The van der Waals surface area contributed by atoms with Crippen LogP contribution < -0.4 is 0 Å². The fraction of sp³-hybridized carbons (Fsp3) is 0.923. The Labute approximate surface area is 183 Å². The topological polar surface area (TPSA) is 43.7 Å². The van der Waals surface area contributed by atoms with Crippen molar-refractivity contribution in [3.05, 3.63) is 12.7 Å². The largest absolute Gasteiger partial charge is 0.392 e. The molecular formula is C26H53NO2. The molecule has 2 unspecified atom stereocenters. The Morgan fingerprint density at radius 1 is 0.655 bits per heavy atom. The van der Waals surface area contributed by atoms with E-state index in [4.69, 9.17) is 0 Å². The minimum Gasteiger partial charge on any atom is -0.392 e. The minimum atomic E-state index is -0.262. The summed E-state index contributed by atoms with van der Waals surface area (Å²) in [4.78, 5) is 2.30. The summed E-state index contributed by atoms with van der Waals surface area (Å²) in [6.45, 7) is 10.7. The van der Waals surface area contributed by atoms with E-state index in [0.717, 1.165) is 51.5 Å². The molecule has 0 aromatic rings. The molecule has 2 N–H and O–H groups in total. The van der Waals surface area contributed by atoms with Crippen LogP contribution in [0.15, 0.2) is 12.7 Å². The number of hydrogen-bond donors (Lipinski definition) is 2. The van der Waals surface area contributed by atoms with Crippen molar-refractivity contribution in [2.45, 2.75) is 135 Å². The van der Waals surface area contributed by atoms with Gasteiger partial charge in [0.1, 0.15) is 0 Å². The molecule has 3 heteroatoms. The molecule has 3 nitrogen and oxygen atoms in total. The van der Waals surface area contributed by atoms with Gasteiger partial charge in [0, 0.05) is 13.1 Å². The second-order valence-corrected chi connectivity index (χ2v) is 8.96. The van der Waals surface area contributed by atoms with E-state index >= 15 is 0 Å². The standard InChI is InChI=1S/C26H53NO2/c1-4-7-10-13-15-17-20-25(28)23-27(22-19-12-9-6-3)24-26(29)21-18-16-14-11-8-5-2/h6,25-26,28-29H,3-5,7-24H2,1-2H3. The number of nitrogens with zero attached hydrogens (tertiary/aromatic N) is 1. The quantitative estimate of drug-likeness (QED) is 0.142. The average molecular weight is 412 g/mol. The Morgan fingerprint density at radius 3 is 1.55 bits per heavy atom. The highest BCUT2D eigenvalue weighted by molar-refractivity contribution is 4.71. The first-order chi connectivity index (χ1) is 14.1. The second-order valence-electron chi connectivity index (χ2n) is 8.96. The van der Waals surface area contributed by atoms with Gasteiger partial charge in [0.15, 0.2) is 0 Å². The van der Waals surface area contributed by atoms with Crippen molar-refractivity contribution >= 4 is 0 Å². The van der Waals surface area contributed by atoms with E-state index in [1.54, 1.807) is 0 Å². The van der Waals surface area contributed by atoms with Crippen LogP contribution in [0.4, 0.5) is 0 Å². The van der Waals surface area contributed by atoms with Gasteiger partial charge in [0.25, 0.3) is 0 Å². The van der Waals surface area contributed by atoms with Crippen LogP contribution >= 0.6 is 0 Å². The first kappa shape index (κ1) is 28.6. The number of rotatable bonds is 23. The van der Waals surface area contributed by atoms with Gasteiger partial charge in [-0.15, -0.1) is 6.58 Å². The van der Waals surface area contributed by atoms with E-state index in [1.807, 2.05) is 6.08 Å². The van der Waals surface area contributed by atoms with Crippen molar-refractivity contribution in [1.29, 1.82) is 0 Å². The zero-order chi connectivity index (χ0) is 21.6. The molecule has 0 heterocycles. The van der Waals surface area contributed by atoms with Gasteiger partial charge in [0.05, 0.1) is 12.2 Å². The normalized spacial score (nSPS) is 13.7. The van der Waals surface area contributed by atoms with Gasteiger partial charge in [-0.2, -0.15) is 0 Å². The third kappa shape index (κ3) is 20.7. The molecule has 2 atom stereocenters. The van der Waals surface area contributed by atoms with E-state index < -0.39 is 0 Å². The minimum absolute atomic E-state index is 0.262. The maximum atomic E-state index is 10.5. The van der Waals surface area contributed by atoms with Crippen LogP contribution in [0.5, 0.6) is 0 Å². The van der Waals surface area contributed by atoms with E-state index in [2.05, 4.69) is 25.3 Å². The summed E-state index contributed by atoms with van der Waals surface area (Å²) in [7, 11) is 0. The van der Waals surface area contributed by atoms with Crippen molar-refractivity contribution in [3.63, 3.8) is 0 Å². The van der Waals surface area contributed by atoms with Crippen LogP contribution in [0.1, 0.15) is 123 Å². The predicted octanol–water partition coefficient (Wildman–Crippen LogP) is 6.87. The number of hydrogen-bond acceptors (Lipinski definition) is 3. The Morgan fingerprint density at radius 2 is 1.10 bits per heavy atom. The second kappa shape index (κ2) is 22.3. The molecule has 0 spiro atoms. The molecule has 0 aromatic heterocycles. The van der Waals surface area contributed by atoms with Crippen molar-refractivity contribution < 1.29 is 10.2 Å². The van der Waals surface area contributed by atoms with Crippen molar-refractivity contribution in [1.82, 2.24) is 4.90 Å². The summed E-state index contributed by atoms with van der Waals surface area (Å²) in [5.74, 6) is 0. The highest BCUT2D eigenvalue weighted by Gasteiger charge is 2.15. The zero-order valence-corrected chi connectivity index (χ0v) is 19.9. The zero-order valence-electron chi connectivity index (χ0n) is 19.9. The molecule has 0 radical (unpaired) electrons. The van der Waals surface area contributed by atoms with Crippen LogP contribution in [-0.4, -0.2) is 47.0 Å². The molecule has 0 aliphatic heterocycles. The lowest BCUT2D eigenvalue weighted by Crippen LogP contribution is -2.38. The van der Waals surface area contributed by atoms with Crippen LogP contribution in [-0.2, 0) is 0 Å². The molecular weight excluding hydrogens is 358 g/mol. The SMILES string of the molecule is C=CCCCCN(CC(O)CCCCCCCC)CC(O)CCCCCCCC. The summed E-state index contributed by atoms with van der Waals surface area (Å²) in [6, 6.07) is 0. The third-order valence-corrected chi connectivity index (χ3v) is 5.85. The maximum absolute atomic E-state index is 10.5. The summed E-state index contributed by atoms with van der Waals surface area (Å²) < 4.78 is 0. The van der Waals surface area contributed by atoms with E-state index in [0.29, 0.717) is 13.1 Å². The van der Waals surface area contributed by atoms with Gasteiger partial charge in [0.2, 0.25) is 0 Å². The van der Waals surface area contributed by atoms with Crippen molar-refractivity contribution in [2.24, 2.45) is 0 Å². The molecule has 0 saturated heterocycles. The van der Waals surface area contributed by atoms with E-state index in [9.17, 15) is 10.2 Å². The number of aliphatic hydroxyl groups excluding tert-OH is 2. The highest BCUT2D eigenvalue weighted by atomic mass is 16.3. The van der Waals surface area contributed by atoms with E-state index in [1.165, 1.54) is 64.2 Å². The van der Waals surface area contributed by atoms with Gasteiger partial charge in [-0.1, -0.05) is 97.0 Å². The van der Waals surface area contributed by atoms with Gasteiger partial charge in [-0.3, -0.25) is 4.90 Å². The molecule has 0 bridgehead atoms. The summed E-state index contributed by atoms with van der Waals surface area (Å²) in [5.41, 5.74) is 0. The van der Waals surface area contributed by atoms with Crippen LogP contribution in [0.25, 0.3) is 0 Å². The fourth-order valence-electron chi connectivity index (χ4n) is 3.98. The summed E-state index contributed by atoms with van der Waals surface area (Å²) >= 11 is 0. The lowest BCUT2D eigenvalue weighted by molar-refractivity contribution is 0.0597. The van der Waals surface area contributed by atoms with E-state index in [-0.39, 0.29) is 12.2 Å². The molecule has 0 aliphatic rings. The first-order valence-corrected chi connectivity index (χ1v) is 12.8. The average Bonchev–Trinajstić information content (AvgIpc) is 2.70. The van der Waals surface area contributed by atoms with Crippen LogP contribution in [0.2, 0.25) is 0 Å². The van der Waals surface area contributed by atoms with Gasteiger partial charge in [-0.05, 0) is 38.6 Å². The van der Waals surface area contributed by atoms with Gasteiger partial charge in [-0.25, -0.2) is 0 Å². The Hall–Kier alpha value is -0.380. The molecule has 174 valence electrons. The number of aliphatic hydroxyl groups is 2. The van der Waals surface area contributed by atoms with Crippen molar-refractivity contribution in [3.8, 4) is 0 Å². The smallest absolute Gasteiger partial charge is 0.0667 e. The fourth-order valence-corrected chi connectivity index (χ4v) is 3.98. The Bertz CT molecular complexity index is 311. The number of allylic oxidation sites excluding steroid dienone is 1. The Balaban J connectivity index is 4.12. The number of unbranched alkanes of at least 4 members (excludes halogenated alkanes) is 12. The summed E-state index contributed by atoms with van der Waals surface area (Å²) in [6.07, 6.45) is 21.7. The lowest BCUT2D eigenvalue weighted by Gasteiger charge is -2.27. The highest BCUT2D eigenvalue weighted by Crippen LogP contribution is 2.13. The molecule has 29 heavy (non-hydrogen) atoms. The molecule has 0 rings (SSSR count). The molecule has 0 fully saturated rings. The summed E-state index contributed by atoms with van der Waals surface area (Å²) in [5, 5.41) is 21.0. The third-order valence-electron chi connectivity index (χ3n) is 5.85. The molecule has 0 saturated carbocycles. The van der Waals surface area contributed by atoms with Crippen LogP contribution in [0, 0.1) is 0 Å². The monoisotopic (exact) mass is 411 g/mol. The lowest BCUT2D eigenvalue weighted by atomic mass is 10.1. The Kier molecular flexibility index (Phi) is 22.0. The predicted molar refractivity (Wildman–Crippen MR) is 128 cm³/mol. The maximum Gasteiger partial charge on any atom is 0.0667 e. The molecule has 0 aliphatic carbocycles. The van der Waals surface area contributed by atoms with Gasteiger partial charge >= 0.3 is 0 Å². The van der Waals surface area contributed by atoms with Gasteiger partial charge < -0.3 is 10.2 Å². The van der Waals surface area contributed by atoms with Crippen molar-refractivity contribution in [2.75, 3.05) is 19.6 Å². The first-order valence-electron chi connectivity index (χ1n) is 12.8. The molecule has 0 aromatic carbocycles. The van der Waals surface area contributed by atoms with Crippen LogP contribution in [0.3, 0.4) is 0 Å².